The van der Waals surface area contributed by atoms with Crippen LogP contribution >= 0.6 is 0 Å². The number of hydrogen-bond acceptors (Lipinski definition) is 36. The summed E-state index contributed by atoms with van der Waals surface area (Å²) < 4.78 is 0. The van der Waals surface area contributed by atoms with Gasteiger partial charge >= 0.3 is 0 Å². The lowest BCUT2D eigenvalue weighted by Gasteiger charge is -2.21. The van der Waals surface area contributed by atoms with E-state index in [1.165, 1.54) is 19.1 Å². The number of hydrogen-bond donors (Lipinski definition) is 8. The fourth-order valence-electron chi connectivity index (χ4n) is 11.7. The van der Waals surface area contributed by atoms with E-state index in [2.05, 4.69) is 42.5 Å². The van der Waals surface area contributed by atoms with Crippen molar-refractivity contribution in [2.45, 2.75) is 47.0 Å². The van der Waals surface area contributed by atoms with E-state index in [9.17, 15) is 134 Å². The average Bonchev–Trinajstić information content (AvgIpc) is 1.80. The molecule has 44 heteroatoms. The highest BCUT2D eigenvalue weighted by Gasteiger charge is 2.34. The van der Waals surface area contributed by atoms with Crippen molar-refractivity contribution in [2.24, 2.45) is 23.7 Å². The van der Waals surface area contributed by atoms with Gasteiger partial charge < -0.3 is 42.5 Å². The number of rotatable bonds is 55. The topological polar surface area (TPSA) is 600 Å². The minimum Gasteiger partial charge on any atom is -0.309 e. The number of Topliss-reactive ketones (excluding diaryl/α,β-unsaturated/α-hetero) is 12. The molecule has 0 fully saturated rings. The van der Waals surface area contributed by atoms with E-state index in [0.717, 1.165) is 124 Å². The Morgan fingerprint density at radius 3 is 0.488 bits per heavy atom. The van der Waals surface area contributed by atoms with Crippen LogP contribution in [0.4, 0.5) is 0 Å². The van der Waals surface area contributed by atoms with Crippen molar-refractivity contribution >= 4 is 164 Å². The van der Waals surface area contributed by atoms with Gasteiger partial charge in [-0.25, -0.2) is 0 Å². The summed E-state index contributed by atoms with van der Waals surface area (Å²) >= 11 is 0. The highest BCUT2D eigenvalue weighted by atomic mass is 16.2. The van der Waals surface area contributed by atoms with Crippen LogP contribution in [0.25, 0.3) is 0 Å². The van der Waals surface area contributed by atoms with Crippen LogP contribution in [-0.4, -0.2) is 360 Å². The number of ketones is 12. The summed E-state index contributed by atoms with van der Waals surface area (Å²) in [4.78, 5) is 339. The molecule has 16 amide bonds. The van der Waals surface area contributed by atoms with Crippen LogP contribution in [0.15, 0.2) is 97.2 Å². The van der Waals surface area contributed by atoms with Gasteiger partial charge in [0.25, 0.3) is 94.5 Å². The Labute approximate surface area is 702 Å². The standard InChI is InChI=1S/C44H54N10O15.C20H24N4O7.C8H9NO3.C7H7NO3/c1-2-34(59)27(11-49-21-35(60)28(13-45-17-30(55)23-51-37(62)3-4-38(51)63)14-46-18-31(56)24-52-39(64)5-6-40(52)65)12-50-22-36(61)29(15-47-19-32(57)25-53-41(66)7-8-42(53)67)16-48-20-33(58)26-54-43(68)9-10-44(54)69;1-2-16(27)13(7-21-9-14(25)11-23-17(28)3-4-18(23)29)8-22-10-15(26)12-24-19(30)5-6-20(24)31;1-2-6(10)5-9-7(11)3-4-8(9)12;1-5(9)4-8-6(10)2-3-7(8)11/h3-10,27-29,45-50H,2,11-26H2,1H3;3-6,13,21-22H,2,7-12H2,1H3;3-4H,2,5H2,1H3;2-3H,4H2,1H3. The monoisotopic (exact) mass is 1710 g/mol. The summed E-state index contributed by atoms with van der Waals surface area (Å²) in [5, 5.41) is 22.9. The summed E-state index contributed by atoms with van der Waals surface area (Å²) in [6.07, 6.45) is 18.0. The molecule has 123 heavy (non-hydrogen) atoms. The molecule has 0 aliphatic carbocycles. The molecule has 8 heterocycles. The summed E-state index contributed by atoms with van der Waals surface area (Å²) in [6, 6.07) is 0. The van der Waals surface area contributed by atoms with Crippen molar-refractivity contribution in [3.8, 4) is 0 Å². The van der Waals surface area contributed by atoms with Crippen molar-refractivity contribution < 1.29 is 134 Å². The van der Waals surface area contributed by atoms with Gasteiger partial charge in [0.2, 0.25) is 0 Å². The van der Waals surface area contributed by atoms with Gasteiger partial charge in [-0.3, -0.25) is 173 Å². The molecule has 0 radical (unpaired) electrons. The second-order valence-electron chi connectivity index (χ2n) is 28.0. The Bertz CT molecular complexity index is 4070. The number of amides is 16. The predicted molar refractivity (Wildman–Crippen MR) is 420 cm³/mol. The maximum atomic E-state index is 13.5. The highest BCUT2D eigenvalue weighted by molar-refractivity contribution is 6.19. The van der Waals surface area contributed by atoms with Crippen LogP contribution in [0.2, 0.25) is 0 Å². The molecule has 0 unspecified atom stereocenters. The van der Waals surface area contributed by atoms with E-state index in [1.54, 1.807) is 20.8 Å². The zero-order valence-electron chi connectivity index (χ0n) is 67.6. The number of carbonyl (C=O) groups is 28. The van der Waals surface area contributed by atoms with Gasteiger partial charge in [-0.15, -0.1) is 0 Å². The van der Waals surface area contributed by atoms with Crippen molar-refractivity contribution in [3.05, 3.63) is 97.2 Å². The molecule has 8 N–H and O–H groups in total. The largest absolute Gasteiger partial charge is 0.309 e. The molecular weight excluding hydrogens is 1620 g/mol. The van der Waals surface area contributed by atoms with E-state index in [0.29, 0.717) is 6.42 Å². The van der Waals surface area contributed by atoms with Crippen LogP contribution in [0.1, 0.15) is 47.0 Å². The summed E-state index contributed by atoms with van der Waals surface area (Å²) in [5.74, 6) is -16.2. The molecule has 8 aliphatic rings. The van der Waals surface area contributed by atoms with E-state index in [-0.39, 0.29) is 178 Å². The Morgan fingerprint density at radius 1 is 0.203 bits per heavy atom. The Balaban J connectivity index is 0.000000400. The number of carbonyl (C=O) groups excluding carboxylic acids is 28. The molecule has 0 atom stereocenters. The van der Waals surface area contributed by atoms with Crippen LogP contribution in [0.5, 0.6) is 0 Å². The zero-order valence-corrected chi connectivity index (χ0v) is 67.6. The van der Waals surface area contributed by atoms with E-state index in [4.69, 9.17) is 0 Å². The van der Waals surface area contributed by atoms with Crippen molar-refractivity contribution in [2.75, 3.05) is 157 Å². The minimum atomic E-state index is -0.878. The first-order valence-electron chi connectivity index (χ1n) is 38.5. The molecule has 8 aliphatic heterocycles. The molecule has 0 saturated heterocycles. The number of nitrogens with zero attached hydrogens (tertiary/aromatic N) is 8. The molecule has 0 aromatic rings. The fourth-order valence-corrected chi connectivity index (χ4v) is 11.7. The highest BCUT2D eigenvalue weighted by Crippen LogP contribution is 2.12. The summed E-state index contributed by atoms with van der Waals surface area (Å²) in [7, 11) is 0. The van der Waals surface area contributed by atoms with Crippen molar-refractivity contribution in [3.63, 3.8) is 0 Å². The van der Waals surface area contributed by atoms with Gasteiger partial charge in [-0.05, 0) is 6.92 Å². The van der Waals surface area contributed by atoms with Crippen molar-refractivity contribution in [1.82, 2.24) is 81.7 Å². The maximum Gasteiger partial charge on any atom is 0.254 e. The summed E-state index contributed by atoms with van der Waals surface area (Å²) in [5.41, 5.74) is 0. The normalized spacial score (nSPS) is 15.7. The lowest BCUT2D eigenvalue weighted by atomic mass is 10.00. The third-order valence-electron chi connectivity index (χ3n) is 18.5. The average molecular weight is 1720 g/mol. The molecule has 0 bridgehead atoms. The minimum absolute atomic E-state index is 0.0200. The third kappa shape index (κ3) is 33.4. The Hall–Kier alpha value is -13.2. The molecule has 0 aromatic heterocycles. The van der Waals surface area contributed by atoms with Gasteiger partial charge in [-0.1, -0.05) is 20.8 Å². The molecular formula is C79H94N16O28. The summed E-state index contributed by atoms with van der Waals surface area (Å²) in [6.45, 7) is 1.27. The van der Waals surface area contributed by atoms with Crippen LogP contribution < -0.4 is 42.5 Å². The van der Waals surface area contributed by atoms with Crippen LogP contribution in [0, 0.1) is 23.7 Å². The lowest BCUT2D eigenvalue weighted by Crippen LogP contribution is -2.46. The number of imide groups is 8. The van der Waals surface area contributed by atoms with Gasteiger partial charge in [-0.2, -0.15) is 0 Å². The van der Waals surface area contributed by atoms with Gasteiger partial charge in [0.1, 0.15) is 17.3 Å². The predicted octanol–water partition coefficient (Wildman–Crippen LogP) is -9.39. The smallest absolute Gasteiger partial charge is 0.254 e. The first kappa shape index (κ1) is 100. The molecule has 0 aromatic carbocycles. The first-order chi connectivity index (χ1) is 58.4. The molecule has 8 rings (SSSR count). The van der Waals surface area contributed by atoms with Gasteiger partial charge in [0, 0.05) is 193 Å². The second-order valence-corrected chi connectivity index (χ2v) is 28.0. The second kappa shape index (κ2) is 50.7. The molecule has 0 spiro atoms. The number of nitrogens with one attached hydrogen (secondary N) is 8. The van der Waals surface area contributed by atoms with E-state index < -0.39 is 179 Å². The third-order valence-corrected chi connectivity index (χ3v) is 18.5. The first-order valence-corrected chi connectivity index (χ1v) is 38.5. The molecule has 0 saturated carbocycles. The SMILES string of the molecule is CC(=O)CN1C(=O)C=CC1=O.CCC(=O)C(CNCC(=O)C(CNCC(=O)CN1C(=O)C=CC1=O)CNCC(=O)CN1C(=O)C=CC1=O)CNCC(=O)C(CNCC(=O)CN1C(=O)C=CC1=O)CNCC(=O)CN1C(=O)C=CC1=O.CCC(=O)C(CNCC(=O)CN1C(=O)C=CC1=O)CNCC(=O)CN1C(=O)C=CC1=O.CCC(=O)CN1C(=O)C=CC1=O. The van der Waals surface area contributed by atoms with Crippen LogP contribution in [0.3, 0.4) is 0 Å². The maximum absolute atomic E-state index is 13.5. The zero-order chi connectivity index (χ0) is 91.2. The quantitative estimate of drug-likeness (QED) is 0.0262. The molecule has 658 valence electrons. The van der Waals surface area contributed by atoms with E-state index >= 15 is 0 Å². The molecule has 44 nitrogen and oxygen atoms in total. The van der Waals surface area contributed by atoms with Gasteiger partial charge in [0.15, 0.2) is 52.0 Å². The van der Waals surface area contributed by atoms with Gasteiger partial charge in [0.05, 0.1) is 105 Å². The Kier molecular flexibility index (Phi) is 41.4. The lowest BCUT2D eigenvalue weighted by molar-refractivity contribution is -0.141. The van der Waals surface area contributed by atoms with Crippen LogP contribution in [-0.2, 0) is 134 Å². The fraction of sp³-hybridized carbons (Fsp3) is 0.443. The van der Waals surface area contributed by atoms with Crippen molar-refractivity contribution in [1.29, 1.82) is 0 Å². The van der Waals surface area contributed by atoms with E-state index in [1.807, 2.05) is 0 Å². The Morgan fingerprint density at radius 2 is 0.341 bits per heavy atom.